The lowest BCUT2D eigenvalue weighted by molar-refractivity contribution is 0.667. The van der Waals surface area contributed by atoms with Gasteiger partial charge in [-0.15, -0.1) is 22.7 Å². The summed E-state index contributed by atoms with van der Waals surface area (Å²) in [7, 11) is 0. The Morgan fingerprint density at radius 1 is 0.358 bits per heavy atom. The van der Waals surface area contributed by atoms with Crippen LogP contribution in [0.3, 0.4) is 0 Å². The second kappa shape index (κ2) is 17.7. The van der Waals surface area contributed by atoms with E-state index >= 15 is 0 Å². The van der Waals surface area contributed by atoms with E-state index in [-0.39, 0.29) is 0 Å². The first-order valence-electron chi connectivity index (χ1n) is 20.2. The first-order valence-corrected chi connectivity index (χ1v) is 21.8. The first kappa shape index (κ1) is 37.1. The van der Waals surface area contributed by atoms with Crippen LogP contribution in [0.25, 0.3) is 73.7 Å². The summed E-state index contributed by atoms with van der Waals surface area (Å²) in [5.74, 6) is 0. The van der Waals surface area contributed by atoms with Crippen LogP contribution in [0.5, 0.6) is 0 Å². The molecule has 0 aliphatic rings. The summed E-state index contributed by atoms with van der Waals surface area (Å²) >= 11 is 4.03. The van der Waals surface area contributed by atoms with E-state index in [1.807, 2.05) is 22.7 Å². The smallest absolute Gasteiger partial charge is 0.0481 e. The molecule has 2 heterocycles. The van der Waals surface area contributed by atoms with Gasteiger partial charge in [-0.2, -0.15) is 0 Å². The van der Waals surface area contributed by atoms with Crippen LogP contribution in [0.1, 0.15) is 96.6 Å². The number of thiophene rings is 2. The molecule has 2 heteroatoms. The molecule has 2 aromatic heterocycles. The van der Waals surface area contributed by atoms with Crippen LogP contribution in [-0.2, 0) is 12.8 Å². The van der Waals surface area contributed by atoms with Crippen molar-refractivity contribution in [2.75, 3.05) is 0 Å². The van der Waals surface area contributed by atoms with Gasteiger partial charge < -0.3 is 0 Å². The van der Waals surface area contributed by atoms with Crippen molar-refractivity contribution in [1.82, 2.24) is 0 Å². The summed E-state index contributed by atoms with van der Waals surface area (Å²) in [4.78, 5) is 5.76. The van der Waals surface area contributed by atoms with Crippen molar-refractivity contribution in [1.29, 1.82) is 0 Å². The maximum atomic E-state index is 2.56. The Bertz CT molecular complexity index is 2440. The molecule has 0 saturated heterocycles. The number of rotatable bonds is 13. The lowest BCUT2D eigenvalue weighted by atomic mass is 9.98. The van der Waals surface area contributed by atoms with Crippen LogP contribution in [0.15, 0.2) is 121 Å². The third-order valence-electron chi connectivity index (χ3n) is 10.4. The number of unbranched alkanes of at least 4 members (excludes halogenated alkanes) is 6. The zero-order valence-corrected chi connectivity index (χ0v) is 33.8. The van der Waals surface area contributed by atoms with Gasteiger partial charge in [0.05, 0.1) is 0 Å². The van der Waals surface area contributed by atoms with Gasteiger partial charge >= 0.3 is 0 Å². The van der Waals surface area contributed by atoms with Crippen LogP contribution in [0.2, 0.25) is 0 Å². The second-order valence-corrected chi connectivity index (χ2v) is 16.9. The first-order chi connectivity index (χ1) is 26.1. The highest BCUT2D eigenvalue weighted by Crippen LogP contribution is 2.46. The van der Waals surface area contributed by atoms with Crippen LogP contribution < -0.4 is 0 Å². The Morgan fingerprint density at radius 2 is 0.774 bits per heavy atom. The van der Waals surface area contributed by atoms with Crippen molar-refractivity contribution in [3.8, 4) is 30.6 Å². The fraction of sp³-hybridized carbons (Fsp3) is 0.294. The number of fused-ring (bicyclic) bond motifs is 4. The minimum absolute atomic E-state index is 1.14. The van der Waals surface area contributed by atoms with Crippen molar-refractivity contribution in [3.05, 3.63) is 132 Å². The van der Waals surface area contributed by atoms with E-state index in [1.165, 1.54) is 143 Å². The molecule has 6 aromatic carbocycles. The molecule has 0 N–H and O–H groups in total. The number of aryl methyl sites for hydroxylation is 2. The van der Waals surface area contributed by atoms with Crippen LogP contribution >= 0.6 is 22.7 Å². The molecule has 0 unspecified atom stereocenters. The monoisotopic (exact) mass is 730 g/mol. The third-order valence-corrected chi connectivity index (χ3v) is 13.0. The summed E-state index contributed by atoms with van der Waals surface area (Å²) in [5.41, 5.74) is 5.73. The van der Waals surface area contributed by atoms with Gasteiger partial charge in [-0.3, -0.25) is 0 Å². The van der Waals surface area contributed by atoms with Gasteiger partial charge in [-0.25, -0.2) is 0 Å². The van der Waals surface area contributed by atoms with Gasteiger partial charge in [0.25, 0.3) is 0 Å². The van der Waals surface area contributed by atoms with Gasteiger partial charge in [-0.05, 0) is 140 Å². The minimum Gasteiger partial charge on any atom is -0.134 e. The molecular weight excluding hydrogens is 677 g/mol. The molecule has 270 valence electrons. The van der Waals surface area contributed by atoms with Gasteiger partial charge in [0.15, 0.2) is 0 Å². The van der Waals surface area contributed by atoms with Crippen molar-refractivity contribution in [3.63, 3.8) is 0 Å². The molecule has 8 rings (SSSR count). The predicted octanol–water partition coefficient (Wildman–Crippen LogP) is 17.1. The summed E-state index contributed by atoms with van der Waals surface area (Å²) in [5, 5.41) is 10.5. The molecular formula is C51H54S2. The van der Waals surface area contributed by atoms with Crippen LogP contribution in [-0.4, -0.2) is 0 Å². The summed E-state index contributed by atoms with van der Waals surface area (Å²) in [6.07, 6.45) is 13.8. The normalized spacial score (nSPS) is 11.5. The number of benzene rings is 6. The van der Waals surface area contributed by atoms with Crippen LogP contribution in [0, 0.1) is 0 Å². The standard InChI is InChI=1S/C48H46S2.C3H8/c1-3-5-7-9-19-40-32-46(50-47(40)42-24-22-38-26-34-16-12-14-18-36(34)28-44(38)30-42)48-41(20-10-8-6-4-2)31-45(49-48)39-23-21-37-25-33-15-11-13-17-35(33)27-43(37)29-39;1-3-2/h11-18,21-32H,3-10,19-20H2,1-2H3;3H2,1-2H3. The van der Waals surface area contributed by atoms with Gasteiger partial charge in [0.2, 0.25) is 0 Å². The predicted molar refractivity (Wildman–Crippen MR) is 240 cm³/mol. The summed E-state index contributed by atoms with van der Waals surface area (Å²) in [6, 6.07) is 46.2. The minimum atomic E-state index is 1.14. The van der Waals surface area contributed by atoms with Crippen molar-refractivity contribution in [2.24, 2.45) is 0 Å². The van der Waals surface area contributed by atoms with E-state index in [9.17, 15) is 0 Å². The molecule has 0 aliphatic carbocycles. The topological polar surface area (TPSA) is 0 Å². The van der Waals surface area contributed by atoms with E-state index in [0.717, 1.165) is 12.8 Å². The molecule has 0 fully saturated rings. The molecule has 0 spiro atoms. The van der Waals surface area contributed by atoms with Crippen molar-refractivity contribution < 1.29 is 0 Å². The maximum Gasteiger partial charge on any atom is 0.0481 e. The molecule has 0 atom stereocenters. The van der Waals surface area contributed by atoms with E-state index in [1.54, 1.807) is 0 Å². The Labute approximate surface area is 325 Å². The average Bonchev–Trinajstić information content (AvgIpc) is 3.81. The SMILES string of the molecule is CCC.CCCCCCc1cc(-c2sc(-c3ccc4cc5ccccc5cc4c3)cc2CCCCCC)sc1-c1ccc2cc3ccccc3cc2c1. The Hall–Kier alpha value is -4.24. The molecule has 0 radical (unpaired) electrons. The molecule has 0 saturated carbocycles. The van der Waals surface area contributed by atoms with E-state index in [2.05, 4.69) is 149 Å². The highest BCUT2D eigenvalue weighted by Gasteiger charge is 2.19. The van der Waals surface area contributed by atoms with Crippen molar-refractivity contribution >= 4 is 65.8 Å². The van der Waals surface area contributed by atoms with Crippen molar-refractivity contribution in [2.45, 2.75) is 98.3 Å². The lowest BCUT2D eigenvalue weighted by Gasteiger charge is -2.07. The second-order valence-electron chi connectivity index (χ2n) is 14.8. The number of hydrogen-bond acceptors (Lipinski definition) is 2. The molecule has 53 heavy (non-hydrogen) atoms. The highest BCUT2D eigenvalue weighted by molar-refractivity contribution is 7.25. The van der Waals surface area contributed by atoms with Crippen LogP contribution in [0.4, 0.5) is 0 Å². The maximum absolute atomic E-state index is 2.56. The Kier molecular flexibility index (Phi) is 12.4. The molecule has 0 aliphatic heterocycles. The lowest BCUT2D eigenvalue weighted by Crippen LogP contribution is -1.87. The summed E-state index contributed by atoms with van der Waals surface area (Å²) in [6.45, 7) is 8.86. The zero-order chi connectivity index (χ0) is 36.6. The van der Waals surface area contributed by atoms with E-state index < -0.39 is 0 Å². The number of hydrogen-bond donors (Lipinski definition) is 0. The van der Waals surface area contributed by atoms with Gasteiger partial charge in [0.1, 0.15) is 0 Å². The largest absolute Gasteiger partial charge is 0.134 e. The van der Waals surface area contributed by atoms with Gasteiger partial charge in [-0.1, -0.05) is 145 Å². The third kappa shape index (κ3) is 8.61. The molecule has 8 aromatic rings. The quantitative estimate of drug-likeness (QED) is 0.0818. The highest BCUT2D eigenvalue weighted by atomic mass is 32.1. The fourth-order valence-electron chi connectivity index (χ4n) is 7.59. The zero-order valence-electron chi connectivity index (χ0n) is 32.1. The average molecular weight is 731 g/mol. The fourth-order valence-corrected chi connectivity index (χ4v) is 10.1. The summed E-state index contributed by atoms with van der Waals surface area (Å²) < 4.78 is 0. The van der Waals surface area contributed by atoms with Gasteiger partial charge in [0, 0.05) is 19.5 Å². The molecule has 0 bridgehead atoms. The molecule has 0 amide bonds. The van der Waals surface area contributed by atoms with E-state index in [0.29, 0.717) is 0 Å². The Balaban J connectivity index is 0.00000140. The Morgan fingerprint density at radius 3 is 1.30 bits per heavy atom. The molecule has 0 nitrogen and oxygen atoms in total. The van der Waals surface area contributed by atoms with E-state index in [4.69, 9.17) is 0 Å².